The lowest BCUT2D eigenvalue weighted by molar-refractivity contribution is 0.200. The van der Waals surface area contributed by atoms with Gasteiger partial charge < -0.3 is 9.26 Å². The maximum atomic E-state index is 5.80. The maximum Gasteiger partial charge on any atom is 0.229 e. The molecule has 2 heterocycles. The van der Waals surface area contributed by atoms with E-state index in [9.17, 15) is 0 Å². The van der Waals surface area contributed by atoms with E-state index >= 15 is 0 Å². The molecule has 1 atom stereocenters. The third kappa shape index (κ3) is 5.03. The van der Waals surface area contributed by atoms with Crippen LogP contribution < -0.4 is 4.74 Å². The number of para-hydroxylation sites is 1. The highest BCUT2D eigenvalue weighted by Crippen LogP contribution is 2.17. The Hall–Kier alpha value is -1.92. The van der Waals surface area contributed by atoms with Gasteiger partial charge in [-0.3, -0.25) is 9.80 Å². The Morgan fingerprint density at radius 1 is 1.32 bits per heavy atom. The van der Waals surface area contributed by atoms with E-state index in [0.29, 0.717) is 6.04 Å². The molecule has 1 aliphatic heterocycles. The zero-order valence-corrected chi connectivity index (χ0v) is 15.4. The molecule has 2 aromatic rings. The van der Waals surface area contributed by atoms with Crippen molar-refractivity contribution in [2.75, 3.05) is 33.3 Å². The Morgan fingerprint density at radius 2 is 2.12 bits per heavy atom. The lowest BCUT2D eigenvalue weighted by atomic mass is 10.2. The van der Waals surface area contributed by atoms with E-state index in [2.05, 4.69) is 40.8 Å². The number of aromatic nitrogens is 2. The fourth-order valence-corrected chi connectivity index (χ4v) is 3.10. The molecule has 0 radical (unpaired) electrons. The number of hydrogen-bond acceptors (Lipinski definition) is 6. The summed E-state index contributed by atoms with van der Waals surface area (Å²) in [7, 11) is 2.14. The molecule has 3 rings (SSSR count). The minimum atomic E-state index is 0.276. The van der Waals surface area contributed by atoms with Crippen molar-refractivity contribution >= 4 is 0 Å². The average molecular weight is 344 g/mol. The topological polar surface area (TPSA) is 54.6 Å². The zero-order chi connectivity index (χ0) is 17.6. The number of rotatable bonds is 8. The van der Waals surface area contributed by atoms with Gasteiger partial charge in [-0.15, -0.1) is 0 Å². The second-order valence-electron chi connectivity index (χ2n) is 7.02. The summed E-state index contributed by atoms with van der Waals surface area (Å²) in [5.41, 5.74) is 0. The molecule has 1 aromatic heterocycles. The van der Waals surface area contributed by atoms with Gasteiger partial charge in [0.15, 0.2) is 5.82 Å². The van der Waals surface area contributed by atoms with Gasteiger partial charge in [0.2, 0.25) is 5.89 Å². The van der Waals surface area contributed by atoms with E-state index in [0.717, 1.165) is 56.7 Å². The van der Waals surface area contributed by atoms with Gasteiger partial charge in [-0.2, -0.15) is 4.98 Å². The molecule has 1 aliphatic rings. The van der Waals surface area contributed by atoms with Gasteiger partial charge in [0, 0.05) is 25.0 Å². The van der Waals surface area contributed by atoms with Crippen LogP contribution in [0.3, 0.4) is 0 Å². The van der Waals surface area contributed by atoms with Crippen molar-refractivity contribution in [3.05, 3.63) is 42.0 Å². The molecule has 1 unspecified atom stereocenters. The normalized spacial score (nSPS) is 18.4. The van der Waals surface area contributed by atoms with Crippen LogP contribution in [0.1, 0.15) is 37.9 Å². The Labute approximate surface area is 149 Å². The largest absolute Gasteiger partial charge is 0.492 e. The summed E-state index contributed by atoms with van der Waals surface area (Å²) in [6.07, 6.45) is 1.16. The SMILES string of the molecule is CC(C)c1nc(CN(C)C2CCN(CCOc3ccccc3)C2)no1. The third-order valence-electron chi connectivity index (χ3n) is 4.66. The van der Waals surface area contributed by atoms with Crippen LogP contribution in [0.5, 0.6) is 5.75 Å². The summed E-state index contributed by atoms with van der Waals surface area (Å²) in [6.45, 7) is 8.71. The van der Waals surface area contributed by atoms with Crippen LogP contribution in [0.15, 0.2) is 34.9 Å². The molecule has 6 nitrogen and oxygen atoms in total. The van der Waals surface area contributed by atoms with Gasteiger partial charge in [-0.25, -0.2) is 0 Å². The van der Waals surface area contributed by atoms with Crippen LogP contribution in [-0.2, 0) is 6.54 Å². The first kappa shape index (κ1) is 17.9. The summed E-state index contributed by atoms with van der Waals surface area (Å²) >= 11 is 0. The molecule has 1 fully saturated rings. The number of nitrogens with zero attached hydrogens (tertiary/aromatic N) is 4. The predicted molar refractivity (Wildman–Crippen MR) is 96.6 cm³/mol. The smallest absolute Gasteiger partial charge is 0.229 e. The number of likely N-dealkylation sites (tertiary alicyclic amines) is 1. The highest BCUT2D eigenvalue weighted by molar-refractivity contribution is 5.20. The van der Waals surface area contributed by atoms with Crippen molar-refractivity contribution in [3.8, 4) is 5.75 Å². The Morgan fingerprint density at radius 3 is 2.84 bits per heavy atom. The molecule has 0 aliphatic carbocycles. The predicted octanol–water partition coefficient (Wildman–Crippen LogP) is 2.78. The van der Waals surface area contributed by atoms with Crippen LogP contribution >= 0.6 is 0 Å². The Kier molecular flexibility index (Phi) is 6.04. The minimum Gasteiger partial charge on any atom is -0.492 e. The van der Waals surface area contributed by atoms with Crippen LogP contribution in [0, 0.1) is 0 Å². The molecular weight excluding hydrogens is 316 g/mol. The van der Waals surface area contributed by atoms with Crippen molar-refractivity contribution in [2.24, 2.45) is 0 Å². The summed E-state index contributed by atoms with van der Waals surface area (Å²) in [4.78, 5) is 9.25. The van der Waals surface area contributed by atoms with Gasteiger partial charge in [0.1, 0.15) is 12.4 Å². The van der Waals surface area contributed by atoms with Gasteiger partial charge in [-0.05, 0) is 32.1 Å². The van der Waals surface area contributed by atoms with Crippen LogP contribution in [0.2, 0.25) is 0 Å². The highest BCUT2D eigenvalue weighted by Gasteiger charge is 2.26. The molecule has 0 N–H and O–H groups in total. The number of hydrogen-bond donors (Lipinski definition) is 0. The molecular formula is C19H28N4O2. The van der Waals surface area contributed by atoms with Crippen molar-refractivity contribution in [1.82, 2.24) is 19.9 Å². The monoisotopic (exact) mass is 344 g/mol. The van der Waals surface area contributed by atoms with E-state index in [-0.39, 0.29) is 5.92 Å². The molecule has 0 spiro atoms. The van der Waals surface area contributed by atoms with Crippen molar-refractivity contribution in [1.29, 1.82) is 0 Å². The van der Waals surface area contributed by atoms with Gasteiger partial charge in [-0.1, -0.05) is 37.2 Å². The van der Waals surface area contributed by atoms with Crippen LogP contribution in [0.4, 0.5) is 0 Å². The van der Waals surface area contributed by atoms with Gasteiger partial charge in [0.05, 0.1) is 6.54 Å². The number of benzene rings is 1. The Bertz CT molecular complexity index is 644. The molecule has 0 amide bonds. The van der Waals surface area contributed by atoms with Gasteiger partial charge >= 0.3 is 0 Å². The number of ether oxygens (including phenoxy) is 1. The first-order valence-electron chi connectivity index (χ1n) is 9.04. The molecule has 6 heteroatoms. The third-order valence-corrected chi connectivity index (χ3v) is 4.66. The van der Waals surface area contributed by atoms with Crippen LogP contribution in [-0.4, -0.2) is 59.3 Å². The first-order valence-corrected chi connectivity index (χ1v) is 9.04. The quantitative estimate of drug-likeness (QED) is 0.734. The Balaban J connectivity index is 1.40. The van der Waals surface area contributed by atoms with Gasteiger partial charge in [0.25, 0.3) is 0 Å². The van der Waals surface area contributed by atoms with E-state index < -0.39 is 0 Å². The summed E-state index contributed by atoms with van der Waals surface area (Å²) in [6, 6.07) is 10.5. The molecule has 1 saturated heterocycles. The van der Waals surface area contributed by atoms with Crippen molar-refractivity contribution in [2.45, 2.75) is 38.8 Å². The zero-order valence-electron chi connectivity index (χ0n) is 15.4. The summed E-state index contributed by atoms with van der Waals surface area (Å²) < 4.78 is 11.1. The van der Waals surface area contributed by atoms with E-state index in [4.69, 9.17) is 9.26 Å². The summed E-state index contributed by atoms with van der Waals surface area (Å²) in [5.74, 6) is 2.71. The molecule has 0 bridgehead atoms. The first-order chi connectivity index (χ1) is 12.1. The molecule has 0 saturated carbocycles. The van der Waals surface area contributed by atoms with E-state index in [1.165, 1.54) is 0 Å². The highest BCUT2D eigenvalue weighted by atomic mass is 16.5. The van der Waals surface area contributed by atoms with E-state index in [1.54, 1.807) is 0 Å². The van der Waals surface area contributed by atoms with Crippen molar-refractivity contribution in [3.63, 3.8) is 0 Å². The number of likely N-dealkylation sites (N-methyl/N-ethyl adjacent to an activating group) is 1. The minimum absolute atomic E-state index is 0.276. The standard InChI is InChI=1S/C19H28N4O2/c1-15(2)19-20-18(21-25-19)14-22(3)16-9-10-23(13-16)11-12-24-17-7-5-4-6-8-17/h4-8,15-16H,9-14H2,1-3H3. The summed E-state index contributed by atoms with van der Waals surface area (Å²) in [5, 5.41) is 4.09. The second-order valence-corrected chi connectivity index (χ2v) is 7.02. The molecule has 25 heavy (non-hydrogen) atoms. The fourth-order valence-electron chi connectivity index (χ4n) is 3.10. The maximum absolute atomic E-state index is 5.80. The lowest BCUT2D eigenvalue weighted by Gasteiger charge is -2.23. The fraction of sp³-hybridized carbons (Fsp3) is 0.579. The lowest BCUT2D eigenvalue weighted by Crippen LogP contribution is -2.35. The van der Waals surface area contributed by atoms with Crippen LogP contribution in [0.25, 0.3) is 0 Å². The van der Waals surface area contributed by atoms with Crippen molar-refractivity contribution < 1.29 is 9.26 Å². The molecule has 1 aromatic carbocycles. The molecule has 136 valence electrons. The average Bonchev–Trinajstić information content (AvgIpc) is 3.25. The second kappa shape index (κ2) is 8.45. The van der Waals surface area contributed by atoms with E-state index in [1.807, 2.05) is 30.3 Å².